The van der Waals surface area contributed by atoms with Crippen molar-refractivity contribution >= 4 is 22.9 Å². The van der Waals surface area contributed by atoms with Gasteiger partial charge in [-0.3, -0.25) is 0 Å². The van der Waals surface area contributed by atoms with Gasteiger partial charge in [-0.2, -0.15) is 0 Å². The Balaban J connectivity index is 2.24. The minimum absolute atomic E-state index is 0.108. The molecule has 3 nitrogen and oxygen atoms in total. The van der Waals surface area contributed by atoms with Crippen molar-refractivity contribution in [3.63, 3.8) is 0 Å². The number of anilines is 1. The molecule has 0 radical (unpaired) electrons. The van der Waals surface area contributed by atoms with Crippen LogP contribution in [0.15, 0.2) is 18.2 Å². The molecule has 0 atom stereocenters. The highest BCUT2D eigenvalue weighted by atomic mass is 32.1. The third-order valence-electron chi connectivity index (χ3n) is 3.35. The molecule has 0 saturated carbocycles. The summed E-state index contributed by atoms with van der Waals surface area (Å²) < 4.78 is 19.1. The topological polar surface area (TPSA) is 38.5 Å². The van der Waals surface area contributed by atoms with Gasteiger partial charge in [-0.05, 0) is 25.0 Å². The average molecular weight is 268 g/mol. The lowest BCUT2D eigenvalue weighted by molar-refractivity contribution is 0.0819. The van der Waals surface area contributed by atoms with Crippen LogP contribution in [0.2, 0.25) is 0 Å². The fourth-order valence-corrected chi connectivity index (χ4v) is 2.55. The van der Waals surface area contributed by atoms with Crippen LogP contribution in [-0.4, -0.2) is 31.3 Å². The van der Waals surface area contributed by atoms with E-state index in [-0.39, 0.29) is 10.8 Å². The number of nitrogens with two attached hydrogens (primary N) is 1. The number of hydrogen-bond donors (Lipinski definition) is 1. The molecule has 1 aromatic rings. The van der Waals surface area contributed by atoms with Crippen LogP contribution in [0.25, 0.3) is 0 Å². The minimum atomic E-state index is -0.353. The van der Waals surface area contributed by atoms with Crippen molar-refractivity contribution in [1.82, 2.24) is 0 Å². The van der Waals surface area contributed by atoms with Crippen LogP contribution in [0.4, 0.5) is 10.1 Å². The smallest absolute Gasteiger partial charge is 0.135 e. The van der Waals surface area contributed by atoms with Gasteiger partial charge >= 0.3 is 0 Å². The summed E-state index contributed by atoms with van der Waals surface area (Å²) in [6, 6.07) is 4.94. The number of nitrogens with zero attached hydrogens (tertiary/aromatic N) is 1. The summed E-state index contributed by atoms with van der Waals surface area (Å²) in [4.78, 5) is 2.23. The monoisotopic (exact) mass is 268 g/mol. The minimum Gasteiger partial charge on any atom is -0.389 e. The van der Waals surface area contributed by atoms with Gasteiger partial charge < -0.3 is 15.4 Å². The van der Waals surface area contributed by atoms with Crippen LogP contribution in [0, 0.1) is 5.82 Å². The maximum Gasteiger partial charge on any atom is 0.135 e. The van der Waals surface area contributed by atoms with Crippen molar-refractivity contribution in [2.45, 2.75) is 18.9 Å². The van der Waals surface area contributed by atoms with Gasteiger partial charge in [0.2, 0.25) is 0 Å². The average Bonchev–Trinajstić information content (AvgIpc) is 2.38. The summed E-state index contributed by atoms with van der Waals surface area (Å²) in [5, 5.41) is 0. The number of rotatable bonds is 3. The second-order valence-electron chi connectivity index (χ2n) is 4.42. The van der Waals surface area contributed by atoms with Gasteiger partial charge in [-0.25, -0.2) is 4.39 Å². The number of ether oxygens (including phenoxy) is 1. The first-order valence-electron chi connectivity index (χ1n) is 5.99. The van der Waals surface area contributed by atoms with Gasteiger partial charge in [0.05, 0.1) is 11.7 Å². The molecule has 0 aliphatic carbocycles. The van der Waals surface area contributed by atoms with Crippen LogP contribution in [-0.2, 0) is 4.74 Å². The molecule has 1 heterocycles. The molecular formula is C13H17FN2OS. The number of methoxy groups -OCH3 is 1. The lowest BCUT2D eigenvalue weighted by Crippen LogP contribution is -2.37. The van der Waals surface area contributed by atoms with Crippen LogP contribution in [0.5, 0.6) is 0 Å². The molecular weight excluding hydrogens is 251 g/mol. The number of hydrogen-bond acceptors (Lipinski definition) is 3. The van der Waals surface area contributed by atoms with Gasteiger partial charge in [0, 0.05) is 25.9 Å². The van der Waals surface area contributed by atoms with Gasteiger partial charge in [0.25, 0.3) is 0 Å². The molecule has 0 unspecified atom stereocenters. The highest BCUT2D eigenvalue weighted by Crippen LogP contribution is 2.26. The van der Waals surface area contributed by atoms with E-state index in [0.717, 1.165) is 31.6 Å². The molecule has 1 aliphatic heterocycles. The summed E-state index contributed by atoms with van der Waals surface area (Å²) in [5.41, 5.74) is 6.75. The van der Waals surface area contributed by atoms with E-state index in [2.05, 4.69) is 4.90 Å². The zero-order valence-corrected chi connectivity index (χ0v) is 11.2. The molecule has 5 heteroatoms. The lowest BCUT2D eigenvalue weighted by Gasteiger charge is -2.34. The molecule has 18 heavy (non-hydrogen) atoms. The Morgan fingerprint density at radius 3 is 2.67 bits per heavy atom. The van der Waals surface area contributed by atoms with Crippen LogP contribution in [0.3, 0.4) is 0 Å². The fourth-order valence-electron chi connectivity index (χ4n) is 2.35. The molecule has 1 fully saturated rings. The predicted octanol–water partition coefficient (Wildman–Crippen LogP) is 2.08. The highest BCUT2D eigenvalue weighted by Gasteiger charge is 2.22. The van der Waals surface area contributed by atoms with Gasteiger partial charge in [0.15, 0.2) is 0 Å². The molecule has 98 valence electrons. The van der Waals surface area contributed by atoms with Crippen molar-refractivity contribution in [1.29, 1.82) is 0 Å². The van der Waals surface area contributed by atoms with Crippen LogP contribution in [0.1, 0.15) is 18.4 Å². The van der Waals surface area contributed by atoms with E-state index in [1.165, 1.54) is 6.07 Å². The molecule has 2 N–H and O–H groups in total. The van der Waals surface area contributed by atoms with Crippen molar-refractivity contribution in [3.8, 4) is 0 Å². The maximum absolute atomic E-state index is 13.8. The zero-order chi connectivity index (χ0) is 13.1. The Morgan fingerprint density at radius 1 is 1.44 bits per heavy atom. The second kappa shape index (κ2) is 5.63. The van der Waals surface area contributed by atoms with Crippen molar-refractivity contribution in [2.75, 3.05) is 25.1 Å². The van der Waals surface area contributed by atoms with E-state index < -0.39 is 0 Å². The van der Waals surface area contributed by atoms with Crippen LogP contribution >= 0.6 is 12.2 Å². The van der Waals surface area contributed by atoms with Crippen molar-refractivity contribution < 1.29 is 9.13 Å². The molecule has 1 aromatic carbocycles. The van der Waals surface area contributed by atoms with E-state index in [1.807, 2.05) is 6.07 Å². The number of thiocarbonyl (C=S) groups is 1. The Kier molecular flexibility index (Phi) is 4.14. The highest BCUT2D eigenvalue weighted by molar-refractivity contribution is 7.80. The van der Waals surface area contributed by atoms with E-state index in [9.17, 15) is 4.39 Å². The third-order valence-corrected chi connectivity index (χ3v) is 3.56. The quantitative estimate of drug-likeness (QED) is 0.852. The summed E-state index contributed by atoms with van der Waals surface area (Å²) in [6.45, 7) is 1.66. The fraction of sp³-hybridized carbons (Fsp3) is 0.462. The summed E-state index contributed by atoms with van der Waals surface area (Å²) in [6.07, 6.45) is 2.16. The predicted molar refractivity (Wildman–Crippen MR) is 74.5 cm³/mol. The Bertz CT molecular complexity index is 445. The zero-order valence-electron chi connectivity index (χ0n) is 10.4. The van der Waals surface area contributed by atoms with E-state index >= 15 is 0 Å². The second-order valence-corrected chi connectivity index (χ2v) is 4.86. The normalized spacial score (nSPS) is 16.9. The SMILES string of the molecule is COC1CCN(c2cccc(F)c2C(N)=S)CC1. The number of halogens is 1. The largest absolute Gasteiger partial charge is 0.389 e. The number of piperidine rings is 1. The van der Waals surface area contributed by atoms with E-state index in [0.29, 0.717) is 11.7 Å². The molecule has 0 spiro atoms. The summed E-state index contributed by atoms with van der Waals surface area (Å²) in [7, 11) is 1.73. The molecule has 0 bridgehead atoms. The van der Waals surface area contributed by atoms with E-state index in [4.69, 9.17) is 22.7 Å². The maximum atomic E-state index is 13.8. The van der Waals surface area contributed by atoms with Gasteiger partial charge in [0.1, 0.15) is 10.8 Å². The van der Waals surface area contributed by atoms with Gasteiger partial charge in [-0.1, -0.05) is 18.3 Å². The Labute approximate surface area is 112 Å². The third kappa shape index (κ3) is 2.62. The van der Waals surface area contributed by atoms with Crippen molar-refractivity contribution in [3.05, 3.63) is 29.6 Å². The number of benzene rings is 1. The molecule has 0 aromatic heterocycles. The standard InChI is InChI=1S/C13H17FN2OS/c1-17-9-5-7-16(8-6-9)11-4-2-3-10(14)12(11)13(15)18/h2-4,9H,5-8H2,1H3,(H2,15,18). The summed E-state index contributed by atoms with van der Waals surface area (Å²) in [5.74, 6) is -0.353. The lowest BCUT2D eigenvalue weighted by atomic mass is 10.0. The van der Waals surface area contributed by atoms with E-state index in [1.54, 1.807) is 13.2 Å². The Morgan fingerprint density at radius 2 is 2.11 bits per heavy atom. The van der Waals surface area contributed by atoms with Gasteiger partial charge in [-0.15, -0.1) is 0 Å². The molecule has 1 aliphatic rings. The van der Waals surface area contributed by atoms with Crippen molar-refractivity contribution in [2.24, 2.45) is 5.73 Å². The summed E-state index contributed by atoms with van der Waals surface area (Å²) >= 11 is 4.94. The van der Waals surface area contributed by atoms with Crippen LogP contribution < -0.4 is 10.6 Å². The first kappa shape index (κ1) is 13.2. The molecule has 2 rings (SSSR count). The molecule has 0 amide bonds. The first-order chi connectivity index (χ1) is 8.63. The Hall–Kier alpha value is -1.20. The molecule has 1 saturated heterocycles. The first-order valence-corrected chi connectivity index (χ1v) is 6.40.